The normalized spacial score (nSPS) is 19.3. The van der Waals surface area contributed by atoms with E-state index in [9.17, 15) is 0 Å². The molecule has 2 saturated heterocycles. The summed E-state index contributed by atoms with van der Waals surface area (Å²) in [5.41, 5.74) is 10.9. The van der Waals surface area contributed by atoms with Crippen molar-refractivity contribution in [3.8, 4) is 11.1 Å². The molecule has 0 radical (unpaired) electrons. The second-order valence-electron chi connectivity index (χ2n) is 11.1. The molecule has 0 saturated carbocycles. The zero-order valence-corrected chi connectivity index (χ0v) is 22.2. The van der Waals surface area contributed by atoms with Gasteiger partial charge in [0.15, 0.2) is 0 Å². The van der Waals surface area contributed by atoms with Gasteiger partial charge in [-0.25, -0.2) is 4.98 Å². The zero-order chi connectivity index (χ0) is 25.6. The molecule has 1 aliphatic carbocycles. The number of anilines is 1. The Hall–Kier alpha value is -3.28. The Balaban J connectivity index is 1.32. The maximum atomic E-state index is 4.80. The number of piperazine rings is 1. The SMILES string of the molecule is C=C1CC2(CCNCC2)c2cc(C(=C)c3cc(-c4ccnc(N5CCN(C)CC5)c4)cnc3C)ccc21. The Bertz CT molecular complexity index is 1360. The molecule has 3 aromatic rings. The number of hydrogen-bond donors (Lipinski definition) is 1. The molecule has 5 heteroatoms. The lowest BCUT2D eigenvalue weighted by atomic mass is 9.73. The number of rotatable bonds is 4. The fourth-order valence-corrected chi connectivity index (χ4v) is 6.39. The van der Waals surface area contributed by atoms with Crippen molar-refractivity contribution >= 4 is 17.0 Å². The van der Waals surface area contributed by atoms with Crippen LogP contribution in [-0.4, -0.2) is 61.2 Å². The van der Waals surface area contributed by atoms with Gasteiger partial charge >= 0.3 is 0 Å². The third-order valence-corrected chi connectivity index (χ3v) is 8.75. The first-order chi connectivity index (χ1) is 17.9. The first-order valence-corrected chi connectivity index (χ1v) is 13.5. The van der Waals surface area contributed by atoms with Gasteiger partial charge in [-0.2, -0.15) is 0 Å². The Labute approximate surface area is 220 Å². The number of fused-ring (bicyclic) bond motifs is 2. The molecule has 2 aromatic heterocycles. The minimum Gasteiger partial charge on any atom is -0.354 e. The summed E-state index contributed by atoms with van der Waals surface area (Å²) in [6.07, 6.45) is 7.31. The van der Waals surface area contributed by atoms with E-state index in [-0.39, 0.29) is 5.41 Å². The second-order valence-corrected chi connectivity index (χ2v) is 11.1. The number of hydrogen-bond acceptors (Lipinski definition) is 5. The number of aryl methyl sites for hydroxylation is 1. The van der Waals surface area contributed by atoms with Crippen LogP contribution in [0.5, 0.6) is 0 Å². The maximum absolute atomic E-state index is 4.80. The summed E-state index contributed by atoms with van der Waals surface area (Å²) in [6.45, 7) is 17.3. The number of piperidine rings is 1. The summed E-state index contributed by atoms with van der Waals surface area (Å²) in [4.78, 5) is 14.2. The van der Waals surface area contributed by atoms with Gasteiger partial charge in [0.25, 0.3) is 0 Å². The van der Waals surface area contributed by atoms with Crippen molar-refractivity contribution in [2.75, 3.05) is 51.2 Å². The van der Waals surface area contributed by atoms with Gasteiger partial charge in [-0.15, -0.1) is 0 Å². The highest BCUT2D eigenvalue weighted by atomic mass is 15.3. The Morgan fingerprint density at radius 1 is 0.973 bits per heavy atom. The summed E-state index contributed by atoms with van der Waals surface area (Å²) < 4.78 is 0. The molecule has 0 atom stereocenters. The van der Waals surface area contributed by atoms with Crippen molar-refractivity contribution in [3.05, 3.63) is 89.9 Å². The molecule has 0 unspecified atom stereocenters. The van der Waals surface area contributed by atoms with Crippen LogP contribution in [0.1, 0.15) is 47.2 Å². The second kappa shape index (κ2) is 9.55. The number of aromatic nitrogens is 2. The van der Waals surface area contributed by atoms with Crippen LogP contribution in [0.25, 0.3) is 22.3 Å². The Morgan fingerprint density at radius 3 is 2.54 bits per heavy atom. The average Bonchev–Trinajstić information content (AvgIpc) is 3.19. The molecule has 37 heavy (non-hydrogen) atoms. The minimum absolute atomic E-state index is 0.222. The molecule has 2 aliphatic heterocycles. The van der Waals surface area contributed by atoms with Gasteiger partial charge in [-0.05, 0) is 104 Å². The predicted molar refractivity (Wildman–Crippen MR) is 154 cm³/mol. The highest BCUT2D eigenvalue weighted by Crippen LogP contribution is 2.50. The van der Waals surface area contributed by atoms with Crippen molar-refractivity contribution in [2.24, 2.45) is 0 Å². The standard InChI is InChI=1S/C32H37N5/c1-22-20-32(8-11-33-12-9-32)30-18-25(5-6-28(22)30)23(2)29-17-27(21-35-24(29)3)26-7-10-34-31(19-26)37-15-13-36(4)14-16-37/h5-7,10,17-19,21,33H,1-2,8-9,11-16,20H2,3-4H3. The number of likely N-dealkylation sites (N-methyl/N-ethyl adjacent to an activating group) is 1. The quantitative estimate of drug-likeness (QED) is 0.536. The number of nitrogens with one attached hydrogen (secondary N) is 1. The van der Waals surface area contributed by atoms with Crippen LogP contribution in [0, 0.1) is 6.92 Å². The fourth-order valence-electron chi connectivity index (χ4n) is 6.39. The topological polar surface area (TPSA) is 44.3 Å². The lowest BCUT2D eigenvalue weighted by molar-refractivity contribution is 0.312. The largest absolute Gasteiger partial charge is 0.354 e. The highest BCUT2D eigenvalue weighted by molar-refractivity contribution is 5.84. The van der Waals surface area contributed by atoms with Crippen LogP contribution < -0.4 is 10.2 Å². The minimum atomic E-state index is 0.222. The van der Waals surface area contributed by atoms with E-state index >= 15 is 0 Å². The summed E-state index contributed by atoms with van der Waals surface area (Å²) in [6, 6.07) is 13.4. The maximum Gasteiger partial charge on any atom is 0.129 e. The number of allylic oxidation sites excluding steroid dienone is 1. The molecule has 6 rings (SSSR count). The first kappa shape index (κ1) is 24.1. The van der Waals surface area contributed by atoms with Gasteiger partial charge in [0.1, 0.15) is 5.82 Å². The molecule has 0 bridgehead atoms. The van der Waals surface area contributed by atoms with Crippen LogP contribution in [0.3, 0.4) is 0 Å². The predicted octanol–water partition coefficient (Wildman–Crippen LogP) is 5.30. The number of pyridine rings is 2. The van der Waals surface area contributed by atoms with Gasteiger partial charge in [0, 0.05) is 60.8 Å². The Morgan fingerprint density at radius 2 is 1.76 bits per heavy atom. The van der Waals surface area contributed by atoms with Crippen molar-refractivity contribution < 1.29 is 0 Å². The number of benzene rings is 1. The first-order valence-electron chi connectivity index (χ1n) is 13.5. The lowest BCUT2D eigenvalue weighted by Crippen LogP contribution is -2.44. The van der Waals surface area contributed by atoms with E-state index in [4.69, 9.17) is 4.98 Å². The van der Waals surface area contributed by atoms with Crippen LogP contribution >= 0.6 is 0 Å². The van der Waals surface area contributed by atoms with Gasteiger partial charge in [0.2, 0.25) is 0 Å². The van der Waals surface area contributed by atoms with Crippen molar-refractivity contribution in [1.82, 2.24) is 20.2 Å². The Kier molecular flexibility index (Phi) is 6.21. The molecule has 2 fully saturated rings. The monoisotopic (exact) mass is 491 g/mol. The molecule has 3 aliphatic rings. The van der Waals surface area contributed by atoms with Gasteiger partial charge in [-0.3, -0.25) is 4.98 Å². The zero-order valence-electron chi connectivity index (χ0n) is 22.2. The molecule has 1 N–H and O–H groups in total. The van der Waals surface area contributed by atoms with Gasteiger partial charge in [-0.1, -0.05) is 25.3 Å². The lowest BCUT2D eigenvalue weighted by Gasteiger charge is -2.35. The molecule has 0 amide bonds. The summed E-state index contributed by atoms with van der Waals surface area (Å²) in [5, 5.41) is 3.54. The van der Waals surface area contributed by atoms with Crippen LogP contribution in [0.2, 0.25) is 0 Å². The van der Waals surface area contributed by atoms with E-state index in [0.717, 1.165) is 79.5 Å². The van der Waals surface area contributed by atoms with E-state index in [0.29, 0.717) is 0 Å². The molecular formula is C32H37N5. The van der Waals surface area contributed by atoms with Crippen molar-refractivity contribution in [2.45, 2.75) is 31.6 Å². The smallest absolute Gasteiger partial charge is 0.129 e. The molecule has 5 nitrogen and oxygen atoms in total. The van der Waals surface area contributed by atoms with E-state index in [1.807, 2.05) is 12.4 Å². The van der Waals surface area contributed by atoms with E-state index < -0.39 is 0 Å². The molecular weight excluding hydrogens is 454 g/mol. The molecule has 1 aromatic carbocycles. The highest BCUT2D eigenvalue weighted by Gasteiger charge is 2.41. The van der Waals surface area contributed by atoms with Crippen LogP contribution in [-0.2, 0) is 5.41 Å². The molecule has 4 heterocycles. The summed E-state index contributed by atoms with van der Waals surface area (Å²) >= 11 is 0. The molecule has 190 valence electrons. The summed E-state index contributed by atoms with van der Waals surface area (Å²) in [5.74, 6) is 1.04. The van der Waals surface area contributed by atoms with Crippen molar-refractivity contribution in [3.63, 3.8) is 0 Å². The summed E-state index contributed by atoms with van der Waals surface area (Å²) in [7, 11) is 2.18. The van der Waals surface area contributed by atoms with Gasteiger partial charge in [0.05, 0.1) is 0 Å². The third-order valence-electron chi connectivity index (χ3n) is 8.75. The van der Waals surface area contributed by atoms with Gasteiger partial charge < -0.3 is 15.1 Å². The van der Waals surface area contributed by atoms with E-state index in [1.165, 1.54) is 35.1 Å². The van der Waals surface area contributed by atoms with Crippen LogP contribution in [0.4, 0.5) is 5.82 Å². The van der Waals surface area contributed by atoms with E-state index in [2.05, 4.69) is 83.6 Å². The fraction of sp³-hybridized carbons (Fsp3) is 0.375. The van der Waals surface area contributed by atoms with E-state index in [1.54, 1.807) is 0 Å². The number of nitrogens with zero attached hydrogens (tertiary/aromatic N) is 4. The van der Waals surface area contributed by atoms with Crippen molar-refractivity contribution in [1.29, 1.82) is 0 Å². The third kappa shape index (κ3) is 4.41. The average molecular weight is 492 g/mol. The van der Waals surface area contributed by atoms with Crippen LogP contribution in [0.15, 0.2) is 61.9 Å². The molecule has 1 spiro atoms.